The number of hydrogen-bond acceptors (Lipinski definition) is 2. The summed E-state index contributed by atoms with van der Waals surface area (Å²) in [6, 6.07) is 41.7. The van der Waals surface area contributed by atoms with Crippen LogP contribution in [0.5, 0.6) is 0 Å². The Hall–Kier alpha value is -5.74. The fraction of sp³-hybridized carbons (Fsp3) is 0. The molecule has 0 bridgehead atoms. The van der Waals surface area contributed by atoms with E-state index >= 15 is 0 Å². The van der Waals surface area contributed by atoms with E-state index in [-0.39, 0.29) is 0 Å². The van der Waals surface area contributed by atoms with E-state index in [1.165, 1.54) is 70.8 Å². The molecular weight excluding hydrogens is 512 g/mol. The molecule has 192 valence electrons. The standard InChI is InChI=1S/C38H20N4/c1-2-6-25(7-3-1)41-26-15-10-21-12-17-28-35-31(21)33(26)34-27(41)16-11-22-13-18-29(36(35)32(22)34)42(28)30-19-14-24-9-8-23-5-4-20-39-37(23)38(24)40-30/h1-20H. The van der Waals surface area contributed by atoms with E-state index in [0.717, 1.165) is 27.6 Å². The lowest BCUT2D eigenvalue weighted by atomic mass is 9.90. The van der Waals surface area contributed by atoms with E-state index in [1.54, 1.807) is 0 Å². The summed E-state index contributed by atoms with van der Waals surface area (Å²) in [6.45, 7) is 0. The normalized spacial score (nSPS) is 12.8. The second-order valence-electron chi connectivity index (χ2n) is 11.4. The Morgan fingerprint density at radius 3 is 1.52 bits per heavy atom. The number of para-hydroxylation sites is 1. The van der Waals surface area contributed by atoms with Crippen molar-refractivity contribution in [2.45, 2.75) is 0 Å². The second-order valence-corrected chi connectivity index (χ2v) is 11.4. The maximum atomic E-state index is 5.29. The highest BCUT2D eigenvalue weighted by atomic mass is 15.1. The average molecular weight is 533 g/mol. The van der Waals surface area contributed by atoms with E-state index in [4.69, 9.17) is 9.97 Å². The Bertz CT molecular complexity index is 2720. The molecule has 4 heterocycles. The van der Waals surface area contributed by atoms with Crippen molar-refractivity contribution in [3.63, 3.8) is 0 Å². The lowest BCUT2D eigenvalue weighted by Gasteiger charge is -2.11. The molecule has 0 spiro atoms. The smallest absolute Gasteiger partial charge is 0.138 e. The van der Waals surface area contributed by atoms with Gasteiger partial charge >= 0.3 is 0 Å². The summed E-state index contributed by atoms with van der Waals surface area (Å²) >= 11 is 0. The van der Waals surface area contributed by atoms with Crippen molar-refractivity contribution in [1.82, 2.24) is 19.1 Å². The van der Waals surface area contributed by atoms with Crippen molar-refractivity contribution in [1.29, 1.82) is 0 Å². The van der Waals surface area contributed by atoms with Crippen LogP contribution in [-0.2, 0) is 0 Å². The molecule has 11 rings (SSSR count). The van der Waals surface area contributed by atoms with Gasteiger partial charge in [0, 0.05) is 55.0 Å². The molecule has 0 amide bonds. The number of pyridine rings is 2. The summed E-state index contributed by atoms with van der Waals surface area (Å²) in [5.74, 6) is 0.916. The molecule has 0 fully saturated rings. The van der Waals surface area contributed by atoms with Crippen molar-refractivity contribution in [2.24, 2.45) is 0 Å². The number of benzene rings is 7. The highest BCUT2D eigenvalue weighted by molar-refractivity contribution is 6.45. The van der Waals surface area contributed by atoms with Crippen LogP contribution in [-0.4, -0.2) is 19.1 Å². The number of aromatic nitrogens is 4. The summed E-state index contributed by atoms with van der Waals surface area (Å²) in [4.78, 5) is 10.0. The molecule has 0 aliphatic carbocycles. The first kappa shape index (κ1) is 21.1. The van der Waals surface area contributed by atoms with Crippen molar-refractivity contribution in [3.8, 4) is 11.5 Å². The molecule has 0 aliphatic rings. The van der Waals surface area contributed by atoms with E-state index in [1.807, 2.05) is 12.3 Å². The van der Waals surface area contributed by atoms with Gasteiger partial charge in [-0.25, -0.2) is 4.98 Å². The molecule has 0 aliphatic heterocycles. The van der Waals surface area contributed by atoms with Gasteiger partial charge in [0.15, 0.2) is 0 Å². The first-order valence-corrected chi connectivity index (χ1v) is 14.4. The van der Waals surface area contributed by atoms with Gasteiger partial charge in [0.2, 0.25) is 0 Å². The number of hydrogen-bond donors (Lipinski definition) is 0. The zero-order valence-electron chi connectivity index (χ0n) is 22.3. The first-order valence-electron chi connectivity index (χ1n) is 14.4. The lowest BCUT2D eigenvalue weighted by Crippen LogP contribution is -1.98. The van der Waals surface area contributed by atoms with Crippen molar-refractivity contribution in [2.75, 3.05) is 0 Å². The molecule has 4 aromatic heterocycles. The van der Waals surface area contributed by atoms with Crippen LogP contribution >= 0.6 is 0 Å². The zero-order valence-corrected chi connectivity index (χ0v) is 22.3. The monoisotopic (exact) mass is 532 g/mol. The van der Waals surface area contributed by atoms with Crippen LogP contribution in [0.1, 0.15) is 0 Å². The first-order chi connectivity index (χ1) is 20.8. The minimum absolute atomic E-state index is 0.916. The molecule has 0 radical (unpaired) electrons. The average Bonchev–Trinajstić information content (AvgIpc) is 3.58. The predicted molar refractivity (Wildman–Crippen MR) is 174 cm³/mol. The molecule has 0 unspecified atom stereocenters. The number of nitrogens with zero attached hydrogens (tertiary/aromatic N) is 4. The third-order valence-corrected chi connectivity index (χ3v) is 9.41. The highest BCUT2D eigenvalue weighted by Crippen LogP contribution is 2.51. The molecule has 4 heteroatoms. The van der Waals surface area contributed by atoms with Gasteiger partial charge in [-0.15, -0.1) is 0 Å². The van der Waals surface area contributed by atoms with Gasteiger partial charge < -0.3 is 4.57 Å². The molecule has 11 aromatic rings. The van der Waals surface area contributed by atoms with Gasteiger partial charge in [-0.2, -0.15) is 0 Å². The van der Waals surface area contributed by atoms with E-state index in [2.05, 4.69) is 118 Å². The van der Waals surface area contributed by atoms with Crippen LogP contribution in [0.3, 0.4) is 0 Å². The Morgan fingerprint density at radius 1 is 0.381 bits per heavy atom. The molecule has 0 atom stereocenters. The van der Waals surface area contributed by atoms with Gasteiger partial charge in [-0.3, -0.25) is 9.55 Å². The highest BCUT2D eigenvalue weighted by Gasteiger charge is 2.27. The van der Waals surface area contributed by atoms with E-state index in [9.17, 15) is 0 Å². The third kappa shape index (κ3) is 2.34. The largest absolute Gasteiger partial charge is 0.309 e. The Balaban J connectivity index is 1.36. The predicted octanol–water partition coefficient (Wildman–Crippen LogP) is 9.60. The molecule has 7 aromatic carbocycles. The van der Waals surface area contributed by atoms with E-state index in [0.29, 0.717) is 0 Å². The lowest BCUT2D eigenvalue weighted by molar-refractivity contribution is 1.10. The third-order valence-electron chi connectivity index (χ3n) is 9.41. The summed E-state index contributed by atoms with van der Waals surface area (Å²) in [5, 5.41) is 12.8. The number of rotatable bonds is 2. The summed E-state index contributed by atoms with van der Waals surface area (Å²) in [5.41, 5.74) is 7.93. The topological polar surface area (TPSA) is 35.6 Å². The number of fused-ring (bicyclic) bond motifs is 3. The minimum atomic E-state index is 0.916. The Labute approximate surface area is 238 Å². The van der Waals surface area contributed by atoms with Crippen LogP contribution in [0, 0.1) is 0 Å². The Kier molecular flexibility index (Phi) is 3.57. The van der Waals surface area contributed by atoms with E-state index < -0.39 is 0 Å². The Morgan fingerprint density at radius 2 is 0.905 bits per heavy atom. The van der Waals surface area contributed by atoms with Crippen LogP contribution in [0.4, 0.5) is 0 Å². The van der Waals surface area contributed by atoms with Crippen LogP contribution < -0.4 is 0 Å². The summed E-state index contributed by atoms with van der Waals surface area (Å²) in [7, 11) is 0. The molecule has 4 nitrogen and oxygen atoms in total. The maximum Gasteiger partial charge on any atom is 0.138 e. The summed E-state index contributed by atoms with van der Waals surface area (Å²) in [6.07, 6.45) is 1.85. The summed E-state index contributed by atoms with van der Waals surface area (Å²) < 4.78 is 4.80. The van der Waals surface area contributed by atoms with Crippen molar-refractivity contribution < 1.29 is 0 Å². The molecule has 42 heavy (non-hydrogen) atoms. The second kappa shape index (κ2) is 7.12. The fourth-order valence-electron chi connectivity index (χ4n) is 7.75. The minimum Gasteiger partial charge on any atom is -0.309 e. The van der Waals surface area contributed by atoms with Crippen LogP contribution in [0.15, 0.2) is 121 Å². The van der Waals surface area contributed by atoms with Crippen LogP contribution in [0.25, 0.3) is 98.5 Å². The van der Waals surface area contributed by atoms with Gasteiger partial charge in [-0.05, 0) is 65.4 Å². The van der Waals surface area contributed by atoms with Gasteiger partial charge in [0.1, 0.15) is 5.82 Å². The van der Waals surface area contributed by atoms with Crippen LogP contribution in [0.2, 0.25) is 0 Å². The quantitative estimate of drug-likeness (QED) is 0.164. The maximum absolute atomic E-state index is 5.29. The SMILES string of the molecule is c1ccc(-n2c3ccc4ccc5c6c4c3c3c4c(ccc32)ccc(c46)n5-c2ccc3ccc4cccnc4c3n2)cc1. The molecule has 0 N–H and O–H groups in total. The van der Waals surface area contributed by atoms with Gasteiger partial charge in [-0.1, -0.05) is 60.7 Å². The fourth-order valence-corrected chi connectivity index (χ4v) is 7.75. The molecule has 0 saturated heterocycles. The van der Waals surface area contributed by atoms with Gasteiger partial charge in [0.25, 0.3) is 0 Å². The zero-order chi connectivity index (χ0) is 27.1. The van der Waals surface area contributed by atoms with Crippen molar-refractivity contribution >= 4 is 87.0 Å². The molecular formula is C38H20N4. The molecule has 0 saturated carbocycles. The van der Waals surface area contributed by atoms with Crippen molar-refractivity contribution in [3.05, 3.63) is 121 Å². The van der Waals surface area contributed by atoms with Gasteiger partial charge in [0.05, 0.1) is 33.1 Å².